The summed E-state index contributed by atoms with van der Waals surface area (Å²) in [5, 5.41) is 30.3. The van der Waals surface area contributed by atoms with Crippen molar-refractivity contribution in [2.45, 2.75) is 0 Å². The van der Waals surface area contributed by atoms with Crippen molar-refractivity contribution < 1.29 is 84.7 Å². The third-order valence-corrected chi connectivity index (χ3v) is 3.04. The van der Waals surface area contributed by atoms with E-state index in [1.807, 2.05) is 0 Å². The molecule has 10 nitrogen and oxygen atoms in total. The van der Waals surface area contributed by atoms with Crippen LogP contribution in [0.4, 0.5) is 0 Å². The Balaban J connectivity index is 0. The van der Waals surface area contributed by atoms with Crippen LogP contribution < -0.4 is 75.0 Å². The molecule has 12 heteroatoms. The second-order valence-electron chi connectivity index (χ2n) is 4.59. The zero-order valence-corrected chi connectivity index (χ0v) is 18.8. The van der Waals surface area contributed by atoms with Gasteiger partial charge in [-0.05, 0) is 6.07 Å². The average Bonchev–Trinajstić information content (AvgIpc) is 2.88. The van der Waals surface area contributed by atoms with Crippen molar-refractivity contribution in [3.8, 4) is 11.6 Å². The molecule has 0 unspecified atom stereocenters. The molecule has 0 spiro atoms. The molecule has 0 atom stereocenters. The van der Waals surface area contributed by atoms with Crippen LogP contribution in [-0.2, 0) is 14.1 Å². The zero-order valence-electron chi connectivity index (χ0n) is 14.8. The number of imidazole rings is 1. The summed E-state index contributed by atoms with van der Waals surface area (Å²) in [4.78, 5) is 28.5. The first-order valence-electron chi connectivity index (χ1n) is 6.37. The first-order chi connectivity index (χ1) is 10.8. The topological polar surface area (TPSA) is 168 Å². The first kappa shape index (κ1) is 26.8. The number of fused-ring (bicyclic) bond motifs is 1. The second kappa shape index (κ2) is 11.3. The third-order valence-electron chi connectivity index (χ3n) is 3.04. The molecule has 0 bridgehead atoms. The monoisotopic (exact) mass is 380 g/mol. The number of carboxylic acid groups (broad SMARTS) is 1. The van der Waals surface area contributed by atoms with Crippen molar-refractivity contribution in [1.82, 2.24) is 19.1 Å². The number of carboxylic acids is 1. The SMILES string of the molecule is Cn1cnc2c1c([O-])nc(=O)n2C.O.O=C(O)c1ccccc1[O-].[Na+].[Na+]. The van der Waals surface area contributed by atoms with E-state index < -0.39 is 23.3 Å². The molecule has 0 amide bonds. The fourth-order valence-electron chi connectivity index (χ4n) is 1.86. The predicted molar refractivity (Wildman–Crippen MR) is 79.7 cm³/mol. The van der Waals surface area contributed by atoms with Gasteiger partial charge in [0.25, 0.3) is 0 Å². The van der Waals surface area contributed by atoms with Gasteiger partial charge in [0.1, 0.15) is 0 Å². The number of carbonyl (C=O) groups is 1. The number of rotatable bonds is 1. The molecule has 0 aliphatic rings. The summed E-state index contributed by atoms with van der Waals surface area (Å²) >= 11 is 0. The smallest absolute Gasteiger partial charge is 0.872 e. The Kier molecular flexibility index (Phi) is 11.7. The van der Waals surface area contributed by atoms with E-state index in [-0.39, 0.29) is 70.2 Å². The molecule has 3 rings (SSSR count). The van der Waals surface area contributed by atoms with Crippen LogP contribution in [0.2, 0.25) is 0 Å². The van der Waals surface area contributed by atoms with Crippen molar-refractivity contribution in [2.24, 2.45) is 14.1 Å². The quantitative estimate of drug-likeness (QED) is 0.409. The number of aryl methyl sites for hydroxylation is 2. The van der Waals surface area contributed by atoms with E-state index in [1.54, 1.807) is 11.6 Å². The molecule has 0 fully saturated rings. The first-order valence-corrected chi connectivity index (χ1v) is 6.37. The van der Waals surface area contributed by atoms with E-state index in [4.69, 9.17) is 5.11 Å². The van der Waals surface area contributed by atoms with Gasteiger partial charge in [-0.15, -0.1) is 0 Å². The Bertz CT molecular complexity index is 941. The van der Waals surface area contributed by atoms with E-state index in [9.17, 15) is 19.8 Å². The molecule has 0 saturated heterocycles. The maximum absolute atomic E-state index is 11.2. The second-order valence-corrected chi connectivity index (χ2v) is 4.59. The van der Waals surface area contributed by atoms with Gasteiger partial charge in [-0.25, -0.2) is 19.6 Å². The minimum absolute atomic E-state index is 0. The summed E-state index contributed by atoms with van der Waals surface area (Å²) < 4.78 is 2.79. The van der Waals surface area contributed by atoms with Gasteiger partial charge >= 0.3 is 70.8 Å². The summed E-state index contributed by atoms with van der Waals surface area (Å²) in [6.07, 6.45) is 1.48. The van der Waals surface area contributed by atoms with E-state index in [2.05, 4.69) is 9.97 Å². The van der Waals surface area contributed by atoms with Gasteiger partial charge in [0.2, 0.25) is 0 Å². The zero-order chi connectivity index (χ0) is 17.1. The number of nitrogens with zero attached hydrogens (tertiary/aromatic N) is 4. The Morgan fingerprint density at radius 1 is 1.15 bits per heavy atom. The number of benzene rings is 1. The van der Waals surface area contributed by atoms with Crippen LogP contribution in [-0.4, -0.2) is 35.7 Å². The summed E-state index contributed by atoms with van der Waals surface area (Å²) in [7, 11) is 3.22. The van der Waals surface area contributed by atoms with Gasteiger partial charge < -0.3 is 25.4 Å². The third kappa shape index (κ3) is 5.81. The summed E-state index contributed by atoms with van der Waals surface area (Å²) in [6, 6.07) is 5.54. The van der Waals surface area contributed by atoms with Gasteiger partial charge in [-0.1, -0.05) is 23.9 Å². The Hall–Kier alpha value is -1.40. The van der Waals surface area contributed by atoms with Crippen LogP contribution in [0.3, 0.4) is 0 Å². The number of hydrogen-bond donors (Lipinski definition) is 1. The van der Waals surface area contributed by atoms with Crippen LogP contribution in [0.15, 0.2) is 35.4 Å². The standard InChI is InChI=1S/C7H8N4O2.C7H6O3.2Na.H2O/c1-10-3-8-5-4(10)6(12)9-7(13)11(5)2;8-6-4-2-1-3-5(6)7(9)10;;;/h3H,1-2H3,(H,9,12,13);1-4,8H,(H,9,10);;;1H2/q;;2*+1;/p-2. The maximum atomic E-state index is 11.2. The van der Waals surface area contributed by atoms with E-state index in [0.717, 1.165) is 0 Å². The largest absolute Gasteiger partial charge is 1.00 e. The predicted octanol–water partition coefficient (Wildman–Crippen LogP) is -7.62. The van der Waals surface area contributed by atoms with Crippen molar-refractivity contribution in [2.75, 3.05) is 0 Å². The number of para-hydroxylation sites is 1. The van der Waals surface area contributed by atoms with Gasteiger partial charge in [-0.2, -0.15) is 0 Å². The fourth-order valence-corrected chi connectivity index (χ4v) is 1.86. The molecule has 0 radical (unpaired) electrons. The Morgan fingerprint density at radius 3 is 2.23 bits per heavy atom. The Labute approximate surface area is 192 Å². The minimum Gasteiger partial charge on any atom is -0.872 e. The molecule has 0 aliphatic heterocycles. The van der Waals surface area contributed by atoms with E-state index in [1.165, 1.54) is 42.2 Å². The molecule has 1 aromatic carbocycles. The molecule has 3 N–H and O–H groups in total. The van der Waals surface area contributed by atoms with Crippen LogP contribution in [0.5, 0.6) is 11.6 Å². The van der Waals surface area contributed by atoms with Gasteiger partial charge in [0.15, 0.2) is 5.65 Å². The molecular formula is C14H14N4Na2O6. The number of hydrogen-bond acceptors (Lipinski definition) is 6. The van der Waals surface area contributed by atoms with E-state index in [0.29, 0.717) is 11.2 Å². The maximum Gasteiger partial charge on any atom is 1.00 e. The molecule has 0 aliphatic carbocycles. The minimum atomic E-state index is -1.18. The van der Waals surface area contributed by atoms with Crippen LogP contribution in [0, 0.1) is 0 Å². The van der Waals surface area contributed by atoms with Crippen LogP contribution in [0.1, 0.15) is 10.4 Å². The van der Waals surface area contributed by atoms with Crippen molar-refractivity contribution >= 4 is 17.1 Å². The van der Waals surface area contributed by atoms with Gasteiger partial charge in [0.05, 0.1) is 17.4 Å². The summed E-state index contributed by atoms with van der Waals surface area (Å²) in [6.45, 7) is 0. The van der Waals surface area contributed by atoms with Crippen molar-refractivity contribution in [3.63, 3.8) is 0 Å². The Morgan fingerprint density at radius 2 is 1.73 bits per heavy atom. The molecular weight excluding hydrogens is 366 g/mol. The van der Waals surface area contributed by atoms with Crippen LogP contribution in [0.25, 0.3) is 11.2 Å². The molecule has 26 heavy (non-hydrogen) atoms. The van der Waals surface area contributed by atoms with Crippen LogP contribution >= 0.6 is 0 Å². The molecule has 2 heterocycles. The average molecular weight is 380 g/mol. The van der Waals surface area contributed by atoms with Crippen molar-refractivity contribution in [1.29, 1.82) is 0 Å². The summed E-state index contributed by atoms with van der Waals surface area (Å²) in [5.41, 5.74) is -0.0340. The molecule has 128 valence electrons. The van der Waals surface area contributed by atoms with Gasteiger partial charge in [0, 0.05) is 20.0 Å². The number of aromatic carboxylic acids is 1. The molecule has 0 saturated carbocycles. The van der Waals surface area contributed by atoms with Gasteiger partial charge in [-0.3, -0.25) is 4.57 Å². The molecule has 3 aromatic rings. The van der Waals surface area contributed by atoms with E-state index >= 15 is 0 Å². The molecule has 2 aromatic heterocycles. The number of aromatic nitrogens is 4. The summed E-state index contributed by atoms with van der Waals surface area (Å²) in [5.74, 6) is -2.15. The fraction of sp³-hybridized carbons (Fsp3) is 0.143. The van der Waals surface area contributed by atoms with Crippen molar-refractivity contribution in [3.05, 3.63) is 46.6 Å². The normalized spacial score (nSPS) is 9.00.